The van der Waals surface area contributed by atoms with Crippen LogP contribution in [-0.4, -0.2) is 27.1 Å². The van der Waals surface area contributed by atoms with Gasteiger partial charge in [0.1, 0.15) is 5.69 Å². The van der Waals surface area contributed by atoms with Crippen LogP contribution >= 0.6 is 23.2 Å². The number of carbonyl (C=O) groups excluding carboxylic acids is 1. The summed E-state index contributed by atoms with van der Waals surface area (Å²) in [6.45, 7) is 3.96. The molecule has 0 amide bonds. The van der Waals surface area contributed by atoms with Gasteiger partial charge >= 0.3 is 5.97 Å². The van der Waals surface area contributed by atoms with Crippen LogP contribution in [0.4, 0.5) is 0 Å². The van der Waals surface area contributed by atoms with Gasteiger partial charge in [0.05, 0.1) is 18.0 Å². The number of rotatable bonds is 5. The number of imidazole rings is 1. The molecule has 5 nitrogen and oxygen atoms in total. The van der Waals surface area contributed by atoms with Crippen molar-refractivity contribution < 1.29 is 9.53 Å². The van der Waals surface area contributed by atoms with E-state index in [4.69, 9.17) is 32.9 Å². The van der Waals surface area contributed by atoms with Crippen molar-refractivity contribution in [1.29, 1.82) is 0 Å². The first kappa shape index (κ1) is 21.1. The lowest BCUT2D eigenvalue weighted by molar-refractivity contribution is 0.0521. The Morgan fingerprint density at radius 2 is 1.84 bits per heavy atom. The minimum Gasteiger partial charge on any atom is -0.461 e. The summed E-state index contributed by atoms with van der Waals surface area (Å²) in [6.07, 6.45) is 1.68. The van der Waals surface area contributed by atoms with Crippen molar-refractivity contribution in [2.24, 2.45) is 0 Å². The quantitative estimate of drug-likeness (QED) is 0.329. The maximum absolute atomic E-state index is 12.9. The maximum atomic E-state index is 12.9. The summed E-state index contributed by atoms with van der Waals surface area (Å²) >= 11 is 12.6. The van der Waals surface area contributed by atoms with E-state index >= 15 is 0 Å². The molecular formula is C24H19Cl2N3O2. The van der Waals surface area contributed by atoms with Crippen LogP contribution < -0.4 is 0 Å². The lowest BCUT2D eigenvalue weighted by Crippen LogP contribution is -2.08. The molecule has 0 atom stereocenters. The second-order valence-electron chi connectivity index (χ2n) is 6.84. The summed E-state index contributed by atoms with van der Waals surface area (Å²) in [5.74, 6) is -0.0166. The van der Waals surface area contributed by atoms with Crippen molar-refractivity contribution in [2.75, 3.05) is 6.61 Å². The van der Waals surface area contributed by atoms with Crippen LogP contribution in [0.3, 0.4) is 0 Å². The molecule has 0 aliphatic carbocycles. The number of carbonyl (C=O) groups is 1. The zero-order valence-corrected chi connectivity index (χ0v) is 18.5. The molecule has 31 heavy (non-hydrogen) atoms. The maximum Gasteiger partial charge on any atom is 0.359 e. The number of pyridine rings is 1. The molecule has 4 rings (SSSR count). The van der Waals surface area contributed by atoms with E-state index in [9.17, 15) is 4.79 Å². The predicted molar refractivity (Wildman–Crippen MR) is 123 cm³/mol. The number of ether oxygens (including phenoxy) is 1. The summed E-state index contributed by atoms with van der Waals surface area (Å²) in [7, 11) is 0. The molecule has 4 aromatic rings. The molecule has 2 aromatic heterocycles. The molecule has 0 radical (unpaired) electrons. The standard InChI is InChI=1S/C24H19Cl2N3O2/c1-3-31-24(30)21-22(16-7-6-8-17(25)13-16)29(20-14-18(26)11-10-15(20)2)23(28-21)19-9-4-5-12-27-19/h4-14H,3H2,1-2H3. The molecule has 0 aliphatic heterocycles. The second kappa shape index (κ2) is 8.92. The number of nitrogens with zero attached hydrogens (tertiary/aromatic N) is 3. The van der Waals surface area contributed by atoms with Crippen molar-refractivity contribution in [1.82, 2.24) is 14.5 Å². The summed E-state index contributed by atoms with van der Waals surface area (Å²) in [5, 5.41) is 1.11. The molecule has 0 unspecified atom stereocenters. The van der Waals surface area contributed by atoms with Gasteiger partial charge < -0.3 is 4.74 Å². The predicted octanol–water partition coefficient (Wildman–Crippen LogP) is 6.39. The molecular weight excluding hydrogens is 433 g/mol. The molecule has 0 saturated carbocycles. The Labute approximate surface area is 190 Å². The molecule has 156 valence electrons. The fourth-order valence-corrected chi connectivity index (χ4v) is 3.75. The summed E-state index contributed by atoms with van der Waals surface area (Å²) in [4.78, 5) is 22.1. The van der Waals surface area contributed by atoms with Gasteiger partial charge in [-0.05, 0) is 55.8 Å². The van der Waals surface area contributed by atoms with Crippen LogP contribution in [0.15, 0.2) is 66.9 Å². The first-order valence-corrected chi connectivity index (χ1v) is 10.5. The number of halogens is 2. The Hall–Kier alpha value is -3.15. The number of aryl methyl sites for hydroxylation is 1. The van der Waals surface area contributed by atoms with Crippen molar-refractivity contribution in [2.45, 2.75) is 13.8 Å². The van der Waals surface area contributed by atoms with Gasteiger partial charge in [-0.3, -0.25) is 9.55 Å². The molecule has 0 spiro atoms. The molecule has 0 aliphatic rings. The zero-order valence-electron chi connectivity index (χ0n) is 17.0. The van der Waals surface area contributed by atoms with Crippen molar-refractivity contribution in [3.05, 3.63) is 88.2 Å². The second-order valence-corrected chi connectivity index (χ2v) is 7.72. The SMILES string of the molecule is CCOC(=O)c1nc(-c2ccccn2)n(-c2cc(Cl)ccc2C)c1-c1cccc(Cl)c1. The third kappa shape index (κ3) is 4.20. The Bertz CT molecular complexity index is 1250. The van der Waals surface area contributed by atoms with Gasteiger partial charge in [-0.25, -0.2) is 9.78 Å². The number of aromatic nitrogens is 3. The molecule has 0 bridgehead atoms. The first-order chi connectivity index (χ1) is 15.0. The third-order valence-electron chi connectivity index (χ3n) is 4.75. The van der Waals surface area contributed by atoms with Crippen LogP contribution in [0, 0.1) is 6.92 Å². The zero-order chi connectivity index (χ0) is 22.0. The Morgan fingerprint density at radius 3 is 2.55 bits per heavy atom. The van der Waals surface area contributed by atoms with E-state index in [0.717, 1.165) is 16.8 Å². The number of esters is 1. The van der Waals surface area contributed by atoms with Crippen LogP contribution in [0.1, 0.15) is 23.0 Å². The molecule has 0 N–H and O–H groups in total. The highest BCUT2D eigenvalue weighted by Crippen LogP contribution is 2.36. The van der Waals surface area contributed by atoms with Crippen LogP contribution in [0.2, 0.25) is 10.0 Å². The Kier molecular flexibility index (Phi) is 6.07. The van der Waals surface area contributed by atoms with Crippen LogP contribution in [0.25, 0.3) is 28.5 Å². The highest BCUT2D eigenvalue weighted by molar-refractivity contribution is 6.31. The minimum atomic E-state index is -0.520. The van der Waals surface area contributed by atoms with Crippen molar-refractivity contribution in [3.8, 4) is 28.5 Å². The van der Waals surface area contributed by atoms with Gasteiger partial charge in [0.2, 0.25) is 0 Å². The highest BCUT2D eigenvalue weighted by atomic mass is 35.5. The monoisotopic (exact) mass is 451 g/mol. The van der Waals surface area contributed by atoms with Crippen molar-refractivity contribution >= 4 is 29.2 Å². The summed E-state index contributed by atoms with van der Waals surface area (Å²) < 4.78 is 7.21. The van der Waals surface area contributed by atoms with E-state index in [2.05, 4.69) is 4.98 Å². The fourth-order valence-electron chi connectivity index (χ4n) is 3.39. The largest absolute Gasteiger partial charge is 0.461 e. The topological polar surface area (TPSA) is 57.0 Å². The minimum absolute atomic E-state index is 0.184. The van der Waals surface area contributed by atoms with Gasteiger partial charge in [-0.2, -0.15) is 0 Å². The van der Waals surface area contributed by atoms with E-state index in [1.165, 1.54) is 0 Å². The number of hydrogen-bond acceptors (Lipinski definition) is 4. The third-order valence-corrected chi connectivity index (χ3v) is 5.22. The lowest BCUT2D eigenvalue weighted by Gasteiger charge is -2.16. The van der Waals surface area contributed by atoms with E-state index in [0.29, 0.717) is 27.3 Å². The van der Waals surface area contributed by atoms with Gasteiger partial charge in [0, 0.05) is 21.8 Å². The summed E-state index contributed by atoms with van der Waals surface area (Å²) in [5.41, 5.74) is 3.82. The van der Waals surface area contributed by atoms with E-state index in [1.54, 1.807) is 25.3 Å². The van der Waals surface area contributed by atoms with E-state index in [-0.39, 0.29) is 12.3 Å². The molecule has 0 fully saturated rings. The van der Waals surface area contributed by atoms with E-state index < -0.39 is 5.97 Å². The first-order valence-electron chi connectivity index (χ1n) is 9.73. The average molecular weight is 452 g/mol. The van der Waals surface area contributed by atoms with E-state index in [1.807, 2.05) is 60.0 Å². The number of hydrogen-bond donors (Lipinski definition) is 0. The smallest absolute Gasteiger partial charge is 0.359 e. The molecule has 7 heteroatoms. The van der Waals surface area contributed by atoms with Gasteiger partial charge in [-0.15, -0.1) is 0 Å². The average Bonchev–Trinajstić information content (AvgIpc) is 3.17. The summed E-state index contributed by atoms with van der Waals surface area (Å²) in [6, 6.07) is 18.4. The Balaban J connectivity index is 2.13. The van der Waals surface area contributed by atoms with Gasteiger partial charge in [-0.1, -0.05) is 47.5 Å². The van der Waals surface area contributed by atoms with Gasteiger partial charge in [0.15, 0.2) is 11.5 Å². The molecule has 2 heterocycles. The highest BCUT2D eigenvalue weighted by Gasteiger charge is 2.27. The molecule has 2 aromatic carbocycles. The Morgan fingerprint density at radius 1 is 1.03 bits per heavy atom. The van der Waals surface area contributed by atoms with Crippen molar-refractivity contribution in [3.63, 3.8) is 0 Å². The van der Waals surface area contributed by atoms with Crippen LogP contribution in [-0.2, 0) is 4.74 Å². The lowest BCUT2D eigenvalue weighted by atomic mass is 10.1. The molecule has 0 saturated heterocycles. The van der Waals surface area contributed by atoms with Gasteiger partial charge in [0.25, 0.3) is 0 Å². The fraction of sp³-hybridized carbons (Fsp3) is 0.125. The number of benzene rings is 2. The van der Waals surface area contributed by atoms with Crippen LogP contribution in [0.5, 0.6) is 0 Å². The normalized spacial score (nSPS) is 10.8.